The van der Waals surface area contributed by atoms with Crippen LogP contribution in [0.1, 0.15) is 37.8 Å². The third kappa shape index (κ3) is 3.93. The van der Waals surface area contributed by atoms with Crippen molar-refractivity contribution >= 4 is 17.5 Å². The van der Waals surface area contributed by atoms with E-state index in [-0.39, 0.29) is 11.8 Å². The molecule has 0 atom stereocenters. The summed E-state index contributed by atoms with van der Waals surface area (Å²) < 4.78 is 0. The Kier molecular flexibility index (Phi) is 5.44. The molecule has 2 aliphatic rings. The number of piperidine rings is 1. The maximum absolute atomic E-state index is 13.3. The second kappa shape index (κ2) is 8.02. The minimum atomic E-state index is -1.04. The minimum absolute atomic E-state index is 0.0370. The molecule has 29 heavy (non-hydrogen) atoms. The van der Waals surface area contributed by atoms with Gasteiger partial charge in [-0.25, -0.2) is 0 Å². The van der Waals surface area contributed by atoms with Crippen molar-refractivity contribution in [3.8, 4) is 0 Å². The molecule has 0 N–H and O–H groups in total. The zero-order valence-corrected chi connectivity index (χ0v) is 17.4. The molecule has 2 amide bonds. The fraction of sp³-hybridized carbons (Fsp3) is 0.440. The highest BCUT2D eigenvalue weighted by Gasteiger charge is 2.44. The van der Waals surface area contributed by atoms with E-state index < -0.39 is 5.41 Å². The molecule has 2 aliphatic heterocycles. The van der Waals surface area contributed by atoms with Gasteiger partial charge in [-0.1, -0.05) is 48.5 Å². The highest BCUT2D eigenvalue weighted by atomic mass is 16.2. The number of para-hydroxylation sites is 1. The van der Waals surface area contributed by atoms with Gasteiger partial charge in [-0.3, -0.25) is 9.59 Å². The summed E-state index contributed by atoms with van der Waals surface area (Å²) in [5, 5.41) is 0. The Hall–Kier alpha value is -2.62. The number of likely N-dealkylation sites (tertiary alicyclic amines) is 1. The molecule has 4 rings (SSSR count). The normalized spacial score (nSPS) is 17.3. The molecule has 2 aromatic rings. The summed E-state index contributed by atoms with van der Waals surface area (Å²) in [4.78, 5) is 30.3. The van der Waals surface area contributed by atoms with Gasteiger partial charge in [-0.05, 0) is 62.6 Å². The van der Waals surface area contributed by atoms with E-state index in [1.165, 1.54) is 11.1 Å². The minimum Gasteiger partial charge on any atom is -0.342 e. The molecular formula is C25H30N2O2. The first-order chi connectivity index (χ1) is 14.0. The molecular weight excluding hydrogens is 360 g/mol. The van der Waals surface area contributed by atoms with Crippen molar-refractivity contribution in [2.24, 2.45) is 11.3 Å². The van der Waals surface area contributed by atoms with Crippen LogP contribution in [0.3, 0.4) is 0 Å². The number of anilines is 1. The van der Waals surface area contributed by atoms with Crippen molar-refractivity contribution < 1.29 is 9.59 Å². The lowest BCUT2D eigenvalue weighted by Crippen LogP contribution is -2.52. The average Bonchev–Trinajstić information content (AvgIpc) is 3.18. The Morgan fingerprint density at radius 3 is 2.28 bits per heavy atom. The first-order valence-corrected chi connectivity index (χ1v) is 10.7. The summed E-state index contributed by atoms with van der Waals surface area (Å²) in [5.41, 5.74) is 2.47. The van der Waals surface area contributed by atoms with E-state index in [1.54, 1.807) is 18.7 Å². The summed E-state index contributed by atoms with van der Waals surface area (Å²) in [6.45, 7) is 5.71. The Morgan fingerprint density at radius 1 is 0.897 bits per heavy atom. The summed E-state index contributed by atoms with van der Waals surface area (Å²) in [7, 11) is 0. The fourth-order valence-corrected chi connectivity index (χ4v) is 4.66. The first-order valence-electron chi connectivity index (χ1n) is 10.7. The van der Waals surface area contributed by atoms with Crippen LogP contribution >= 0.6 is 0 Å². The van der Waals surface area contributed by atoms with Gasteiger partial charge in [0.1, 0.15) is 5.41 Å². The molecule has 4 heteroatoms. The number of fused-ring (bicyclic) bond motifs is 1. The molecule has 1 fully saturated rings. The molecule has 1 saturated heterocycles. The van der Waals surface area contributed by atoms with Crippen LogP contribution in [0.2, 0.25) is 0 Å². The number of carbonyl (C=O) groups excluding carboxylic acids is 2. The van der Waals surface area contributed by atoms with Gasteiger partial charge in [-0.2, -0.15) is 0 Å². The smallest absolute Gasteiger partial charge is 0.242 e. The molecule has 0 radical (unpaired) electrons. The summed E-state index contributed by atoms with van der Waals surface area (Å²) in [6.07, 6.45) is 3.92. The van der Waals surface area contributed by atoms with Gasteiger partial charge in [0.15, 0.2) is 0 Å². The van der Waals surface area contributed by atoms with E-state index in [9.17, 15) is 9.59 Å². The zero-order chi connectivity index (χ0) is 20.4. The van der Waals surface area contributed by atoms with Crippen molar-refractivity contribution in [1.29, 1.82) is 0 Å². The van der Waals surface area contributed by atoms with E-state index >= 15 is 0 Å². The van der Waals surface area contributed by atoms with Crippen molar-refractivity contribution in [3.05, 3.63) is 65.7 Å². The second-order valence-electron chi connectivity index (χ2n) is 8.89. The van der Waals surface area contributed by atoms with Crippen LogP contribution < -0.4 is 4.90 Å². The quantitative estimate of drug-likeness (QED) is 0.738. The van der Waals surface area contributed by atoms with Crippen LogP contribution in [0.5, 0.6) is 0 Å². The standard InChI is InChI=1S/C25H30N2O2/c1-25(2,24(29)27-17-14-21-10-6-7-11-22(21)27)23(28)26-15-12-20(13-16-26)18-19-8-4-3-5-9-19/h3-11,20H,12-18H2,1-2H3. The number of amides is 2. The molecule has 2 heterocycles. The summed E-state index contributed by atoms with van der Waals surface area (Å²) in [6, 6.07) is 18.6. The Morgan fingerprint density at radius 2 is 1.55 bits per heavy atom. The van der Waals surface area contributed by atoms with Crippen molar-refractivity contribution in [3.63, 3.8) is 0 Å². The largest absolute Gasteiger partial charge is 0.342 e. The second-order valence-corrected chi connectivity index (χ2v) is 8.89. The van der Waals surface area contributed by atoms with E-state index in [4.69, 9.17) is 0 Å². The first kappa shape index (κ1) is 19.7. The lowest BCUT2D eigenvalue weighted by molar-refractivity contribution is -0.148. The van der Waals surface area contributed by atoms with Crippen LogP contribution in [0.15, 0.2) is 54.6 Å². The molecule has 4 nitrogen and oxygen atoms in total. The van der Waals surface area contributed by atoms with Gasteiger partial charge in [0, 0.05) is 25.3 Å². The molecule has 0 aromatic heterocycles. The summed E-state index contributed by atoms with van der Waals surface area (Å²) >= 11 is 0. The predicted molar refractivity (Wildman–Crippen MR) is 116 cm³/mol. The van der Waals surface area contributed by atoms with E-state index in [2.05, 4.69) is 30.3 Å². The lowest BCUT2D eigenvalue weighted by atomic mass is 9.86. The van der Waals surface area contributed by atoms with Crippen molar-refractivity contribution in [2.75, 3.05) is 24.5 Å². The van der Waals surface area contributed by atoms with Crippen LogP contribution in [0.4, 0.5) is 5.69 Å². The Bertz CT molecular complexity index is 883. The Labute approximate surface area is 173 Å². The van der Waals surface area contributed by atoms with Crippen molar-refractivity contribution in [1.82, 2.24) is 4.90 Å². The van der Waals surface area contributed by atoms with Gasteiger partial charge in [0.05, 0.1) is 0 Å². The molecule has 0 unspecified atom stereocenters. The lowest BCUT2D eigenvalue weighted by Gasteiger charge is -2.37. The molecule has 152 valence electrons. The predicted octanol–water partition coefficient (Wildman–Crippen LogP) is 4.08. The number of nitrogens with zero attached hydrogens (tertiary/aromatic N) is 2. The molecule has 0 aliphatic carbocycles. The van der Waals surface area contributed by atoms with Crippen LogP contribution in [0.25, 0.3) is 0 Å². The maximum atomic E-state index is 13.3. The maximum Gasteiger partial charge on any atom is 0.242 e. The number of hydrogen-bond donors (Lipinski definition) is 0. The Balaban J connectivity index is 1.38. The van der Waals surface area contributed by atoms with Crippen LogP contribution in [-0.2, 0) is 22.4 Å². The van der Waals surface area contributed by atoms with E-state index in [0.717, 1.165) is 44.5 Å². The van der Waals surface area contributed by atoms with Gasteiger partial charge >= 0.3 is 0 Å². The van der Waals surface area contributed by atoms with Gasteiger partial charge in [-0.15, -0.1) is 0 Å². The summed E-state index contributed by atoms with van der Waals surface area (Å²) in [5.74, 6) is 0.481. The number of carbonyl (C=O) groups is 2. The number of benzene rings is 2. The number of rotatable bonds is 4. The van der Waals surface area contributed by atoms with Gasteiger partial charge in [0.25, 0.3) is 0 Å². The van der Waals surface area contributed by atoms with Crippen molar-refractivity contribution in [2.45, 2.75) is 39.5 Å². The van der Waals surface area contributed by atoms with Crippen LogP contribution in [-0.4, -0.2) is 36.3 Å². The highest BCUT2D eigenvalue weighted by molar-refractivity contribution is 6.11. The molecule has 0 spiro atoms. The molecule has 2 aromatic carbocycles. The van der Waals surface area contributed by atoms with Crippen LogP contribution in [0, 0.1) is 11.3 Å². The third-order valence-electron chi connectivity index (χ3n) is 6.47. The monoisotopic (exact) mass is 390 g/mol. The molecule has 0 bridgehead atoms. The fourth-order valence-electron chi connectivity index (χ4n) is 4.66. The number of hydrogen-bond acceptors (Lipinski definition) is 2. The van der Waals surface area contributed by atoms with E-state index in [0.29, 0.717) is 12.5 Å². The third-order valence-corrected chi connectivity index (χ3v) is 6.47. The zero-order valence-electron chi connectivity index (χ0n) is 17.4. The van der Waals surface area contributed by atoms with Gasteiger partial charge < -0.3 is 9.80 Å². The van der Waals surface area contributed by atoms with E-state index in [1.807, 2.05) is 29.2 Å². The highest BCUT2D eigenvalue weighted by Crippen LogP contribution is 2.33. The molecule has 0 saturated carbocycles. The topological polar surface area (TPSA) is 40.6 Å². The SMILES string of the molecule is CC(C)(C(=O)N1CCC(Cc2ccccc2)CC1)C(=O)N1CCc2ccccc21. The average molecular weight is 391 g/mol. The van der Waals surface area contributed by atoms with Gasteiger partial charge in [0.2, 0.25) is 11.8 Å².